The fourth-order valence-electron chi connectivity index (χ4n) is 7.44. The summed E-state index contributed by atoms with van der Waals surface area (Å²) in [5.41, 5.74) is 0.924. The molecule has 0 aromatic rings. The summed E-state index contributed by atoms with van der Waals surface area (Å²) in [6, 6.07) is 0. The molecule has 4 aliphatic rings. The Hall–Kier alpha value is -1.22. The van der Waals surface area contributed by atoms with Crippen LogP contribution in [0.4, 0.5) is 0 Å². The summed E-state index contributed by atoms with van der Waals surface area (Å²) in [6.07, 6.45) is 9.83. The van der Waals surface area contributed by atoms with E-state index in [0.29, 0.717) is 17.8 Å². The normalized spacial score (nSPS) is 38.1. The minimum absolute atomic E-state index is 0.0152. The number of ether oxygens (including phenoxy) is 2. The first-order chi connectivity index (χ1) is 15.8. The molecule has 0 saturated heterocycles. The van der Waals surface area contributed by atoms with Gasteiger partial charge < -0.3 is 9.47 Å². The second kappa shape index (κ2) is 10.0. The maximum Gasteiger partial charge on any atom is 0.317 e. The van der Waals surface area contributed by atoms with Crippen LogP contribution in [0.3, 0.4) is 0 Å². The van der Waals surface area contributed by atoms with Crippen LogP contribution in [0, 0.1) is 44.2 Å². The van der Waals surface area contributed by atoms with Crippen LogP contribution in [0.15, 0.2) is 0 Å². The number of nitrogens with zero attached hydrogens (tertiary/aromatic N) is 1. The largest absolute Gasteiger partial charge is 0.462 e. The number of unbranched alkanes of at least 4 members (excludes halogenated alkanes) is 1. The van der Waals surface area contributed by atoms with E-state index >= 15 is 0 Å². The summed E-state index contributed by atoms with van der Waals surface area (Å²) in [4.78, 5) is 23.4. The third-order valence-corrected chi connectivity index (χ3v) is 11.5. The number of thioether (sulfide) groups is 1. The van der Waals surface area contributed by atoms with Gasteiger partial charge in [0.15, 0.2) is 0 Å². The number of carbonyl (C=O) groups excluding carboxylic acids is 2. The molecule has 4 bridgehead atoms. The van der Waals surface area contributed by atoms with E-state index in [0.717, 1.165) is 49.8 Å². The first-order valence-electron chi connectivity index (χ1n) is 13.2. The highest BCUT2D eigenvalue weighted by atomic mass is 32.2. The predicted octanol–water partition coefficient (Wildman–Crippen LogP) is 6.89. The molecule has 0 amide bonds. The summed E-state index contributed by atoms with van der Waals surface area (Å²) in [5.74, 6) is 1.34. The molecule has 0 aliphatic heterocycles. The fraction of sp³-hybridized carbons (Fsp3) is 0.893. The third kappa shape index (κ3) is 4.63. The Bertz CT molecular complexity index is 818. The Labute approximate surface area is 211 Å². The van der Waals surface area contributed by atoms with Gasteiger partial charge in [0.05, 0.1) is 0 Å². The molecule has 6 heteroatoms. The molecule has 4 saturated carbocycles. The van der Waals surface area contributed by atoms with Crippen molar-refractivity contribution in [3.8, 4) is 5.40 Å². The van der Waals surface area contributed by atoms with Crippen molar-refractivity contribution in [3.05, 3.63) is 0 Å². The molecule has 4 aliphatic carbocycles. The minimum atomic E-state index is -0.244. The standard InChI is InChI=1S/C15H26O2.C13H19NO2S/c1-5-6-7-13(16)17-12-10-11-8-9-15(12,4)14(11,2)3;1-12(2)9-4-5-13(12,3)10(6-9)16-11(15)7-17-8-14/h11-12H,5-10H2,1-4H3;9-10H,4-7H2,1-3H3/t11-,12+,15-;9-,10?,13-/m11/s1. The van der Waals surface area contributed by atoms with Crippen molar-refractivity contribution in [1.82, 2.24) is 0 Å². The van der Waals surface area contributed by atoms with E-state index in [2.05, 4.69) is 48.5 Å². The van der Waals surface area contributed by atoms with Crippen molar-refractivity contribution >= 4 is 23.7 Å². The zero-order valence-corrected chi connectivity index (χ0v) is 23.2. The van der Waals surface area contributed by atoms with Crippen molar-refractivity contribution in [2.75, 3.05) is 5.75 Å². The van der Waals surface area contributed by atoms with Crippen molar-refractivity contribution in [2.45, 2.75) is 118 Å². The van der Waals surface area contributed by atoms with Gasteiger partial charge in [-0.2, -0.15) is 5.26 Å². The first-order valence-corrected chi connectivity index (χ1v) is 14.2. The van der Waals surface area contributed by atoms with Crippen LogP contribution in [-0.2, 0) is 19.1 Å². The smallest absolute Gasteiger partial charge is 0.317 e. The number of esters is 2. The maximum atomic E-state index is 11.8. The molecule has 1 unspecified atom stereocenters. The molecule has 6 atom stereocenters. The van der Waals surface area contributed by atoms with Gasteiger partial charge in [0, 0.05) is 17.3 Å². The highest BCUT2D eigenvalue weighted by Crippen LogP contribution is 2.67. The summed E-state index contributed by atoms with van der Waals surface area (Å²) < 4.78 is 11.3. The van der Waals surface area contributed by atoms with Crippen LogP contribution in [0.2, 0.25) is 0 Å². The second-order valence-electron chi connectivity index (χ2n) is 12.7. The number of hydrogen-bond acceptors (Lipinski definition) is 6. The van der Waals surface area contributed by atoms with Gasteiger partial charge in [-0.3, -0.25) is 9.59 Å². The zero-order valence-electron chi connectivity index (χ0n) is 22.4. The molecular weight excluding hydrogens is 446 g/mol. The summed E-state index contributed by atoms with van der Waals surface area (Å²) in [6.45, 7) is 16.0. The lowest BCUT2D eigenvalue weighted by atomic mass is 9.70. The molecule has 0 aromatic carbocycles. The molecule has 0 spiro atoms. The predicted molar refractivity (Wildman–Crippen MR) is 136 cm³/mol. The van der Waals surface area contributed by atoms with Crippen LogP contribution >= 0.6 is 11.8 Å². The van der Waals surface area contributed by atoms with Gasteiger partial charge >= 0.3 is 11.9 Å². The van der Waals surface area contributed by atoms with Gasteiger partial charge in [-0.25, -0.2) is 0 Å². The van der Waals surface area contributed by atoms with Crippen LogP contribution in [-0.4, -0.2) is 29.9 Å². The molecule has 0 radical (unpaired) electrons. The Morgan fingerprint density at radius 3 is 1.71 bits per heavy atom. The van der Waals surface area contributed by atoms with Crippen LogP contribution in [0.1, 0.15) is 106 Å². The first kappa shape index (κ1) is 27.4. The third-order valence-electron chi connectivity index (χ3n) is 11.0. The number of fused-ring (bicyclic) bond motifs is 4. The van der Waals surface area contributed by atoms with E-state index < -0.39 is 0 Å². The lowest BCUT2D eigenvalue weighted by Gasteiger charge is -2.38. The SMILES string of the molecule is CC1(C)[C@@H]2CC[C@]1(C)C(OC(=O)CSC#N)C2.CCCCC(=O)O[C@H]1C[C@H]2CC[C@@]1(C)C2(C)C. The van der Waals surface area contributed by atoms with Crippen LogP contribution in [0.25, 0.3) is 0 Å². The van der Waals surface area contributed by atoms with Crippen LogP contribution in [0.5, 0.6) is 0 Å². The Kier molecular flexibility index (Phi) is 8.08. The van der Waals surface area contributed by atoms with E-state index in [4.69, 9.17) is 14.7 Å². The number of carbonyl (C=O) groups is 2. The molecule has 0 heterocycles. The minimum Gasteiger partial charge on any atom is -0.462 e. The highest BCUT2D eigenvalue weighted by Gasteiger charge is 2.63. The maximum absolute atomic E-state index is 11.8. The second-order valence-corrected chi connectivity index (χ2v) is 13.4. The number of rotatable bonds is 7. The summed E-state index contributed by atoms with van der Waals surface area (Å²) >= 11 is 0.949. The monoisotopic (exact) mass is 491 g/mol. The molecule has 4 fully saturated rings. The molecule has 4 rings (SSSR count). The molecule has 192 valence electrons. The van der Waals surface area contributed by atoms with E-state index in [1.165, 1.54) is 19.3 Å². The van der Waals surface area contributed by atoms with Crippen molar-refractivity contribution in [1.29, 1.82) is 5.26 Å². The molecular formula is C28H45NO4S. The highest BCUT2D eigenvalue weighted by molar-refractivity contribution is 8.04. The van der Waals surface area contributed by atoms with Crippen molar-refractivity contribution in [3.63, 3.8) is 0 Å². The lowest BCUT2D eigenvalue weighted by Crippen LogP contribution is -2.38. The molecule has 0 aromatic heterocycles. The fourth-order valence-corrected chi connectivity index (χ4v) is 7.69. The quantitative estimate of drug-likeness (QED) is 0.285. The Balaban J connectivity index is 0.000000191. The van der Waals surface area contributed by atoms with E-state index in [1.807, 2.05) is 5.40 Å². The molecule has 34 heavy (non-hydrogen) atoms. The van der Waals surface area contributed by atoms with Gasteiger partial charge in [-0.15, -0.1) is 0 Å². The number of hydrogen-bond donors (Lipinski definition) is 0. The zero-order chi connectivity index (χ0) is 25.4. The van der Waals surface area contributed by atoms with E-state index in [-0.39, 0.29) is 46.1 Å². The van der Waals surface area contributed by atoms with Gasteiger partial charge in [0.1, 0.15) is 23.4 Å². The van der Waals surface area contributed by atoms with Gasteiger partial charge in [-0.1, -0.05) is 54.9 Å². The van der Waals surface area contributed by atoms with Gasteiger partial charge in [0.25, 0.3) is 0 Å². The van der Waals surface area contributed by atoms with Gasteiger partial charge in [-0.05, 0) is 79.4 Å². The summed E-state index contributed by atoms with van der Waals surface area (Å²) in [5, 5.41) is 10.3. The Morgan fingerprint density at radius 1 is 0.882 bits per heavy atom. The average Bonchev–Trinajstić information content (AvgIpc) is 3.29. The Morgan fingerprint density at radius 2 is 1.35 bits per heavy atom. The average molecular weight is 492 g/mol. The number of thiocyanates is 1. The molecule has 0 N–H and O–H groups in total. The van der Waals surface area contributed by atoms with E-state index in [1.54, 1.807) is 0 Å². The number of nitriles is 1. The summed E-state index contributed by atoms with van der Waals surface area (Å²) in [7, 11) is 0. The topological polar surface area (TPSA) is 76.4 Å². The molecule has 5 nitrogen and oxygen atoms in total. The van der Waals surface area contributed by atoms with Crippen molar-refractivity contribution < 1.29 is 19.1 Å². The van der Waals surface area contributed by atoms with E-state index in [9.17, 15) is 9.59 Å². The lowest BCUT2D eigenvalue weighted by molar-refractivity contribution is -0.157. The van der Waals surface area contributed by atoms with Crippen molar-refractivity contribution in [2.24, 2.45) is 33.5 Å². The van der Waals surface area contributed by atoms with Crippen LogP contribution < -0.4 is 0 Å². The van der Waals surface area contributed by atoms with Gasteiger partial charge in [0.2, 0.25) is 0 Å².